The lowest BCUT2D eigenvalue weighted by Crippen LogP contribution is -2.10. The molecule has 74 valence electrons. The molecule has 2 rings (SSSR count). The van der Waals surface area contributed by atoms with E-state index < -0.39 is 0 Å². The minimum absolute atomic E-state index is 0.722. The third-order valence-electron chi connectivity index (χ3n) is 1.98. The molecule has 0 aromatic carbocycles. The van der Waals surface area contributed by atoms with Gasteiger partial charge in [-0.2, -0.15) is 0 Å². The average molecular weight is 208 g/mol. The van der Waals surface area contributed by atoms with Crippen molar-refractivity contribution in [2.24, 2.45) is 5.84 Å². The second kappa shape index (κ2) is 3.89. The van der Waals surface area contributed by atoms with Gasteiger partial charge in [-0.15, -0.1) is 11.3 Å². The van der Waals surface area contributed by atoms with Crippen LogP contribution in [0, 0.1) is 0 Å². The predicted octanol–water partition coefficient (Wildman–Crippen LogP) is 1.93. The van der Waals surface area contributed by atoms with Gasteiger partial charge in [0.2, 0.25) is 0 Å². The van der Waals surface area contributed by atoms with E-state index in [1.54, 1.807) is 11.3 Å². The van der Waals surface area contributed by atoms with E-state index in [1.807, 2.05) is 11.4 Å². The molecule has 2 heterocycles. The van der Waals surface area contributed by atoms with Crippen molar-refractivity contribution in [2.75, 3.05) is 5.43 Å². The Labute approximate surface area is 86.1 Å². The van der Waals surface area contributed by atoms with Gasteiger partial charge in [-0.25, -0.2) is 15.8 Å². The van der Waals surface area contributed by atoms with E-state index in [-0.39, 0.29) is 0 Å². The maximum absolute atomic E-state index is 5.40. The summed E-state index contributed by atoms with van der Waals surface area (Å²) in [4.78, 5) is 9.78. The molecule has 0 unspecified atom stereocenters. The quantitative estimate of drug-likeness (QED) is 0.597. The second-order valence-electron chi connectivity index (χ2n) is 3.02. The van der Waals surface area contributed by atoms with E-state index in [9.17, 15) is 0 Å². The summed E-state index contributed by atoms with van der Waals surface area (Å²) in [7, 11) is 0. The molecular formula is C9H12N4S. The molecule has 0 fully saturated rings. The molecule has 5 heteroatoms. The summed E-state index contributed by atoms with van der Waals surface area (Å²) >= 11 is 1.61. The first-order valence-corrected chi connectivity index (χ1v) is 5.44. The molecule has 0 amide bonds. The Morgan fingerprint density at radius 3 is 3.07 bits per heavy atom. The summed E-state index contributed by atoms with van der Waals surface area (Å²) < 4.78 is 0. The molecule has 0 aliphatic rings. The standard InChI is InChI=1S/C9H12N4S/c1-2-3-7-11-8(13-10)6-4-5-14-9(6)12-7/h4-5H,2-3,10H2,1H3,(H,11,12,13). The van der Waals surface area contributed by atoms with Crippen molar-refractivity contribution in [1.29, 1.82) is 0 Å². The van der Waals surface area contributed by atoms with Gasteiger partial charge in [0.1, 0.15) is 10.7 Å². The van der Waals surface area contributed by atoms with Crippen LogP contribution in [-0.2, 0) is 6.42 Å². The number of nitrogens with zero attached hydrogens (tertiary/aromatic N) is 2. The molecular weight excluding hydrogens is 196 g/mol. The van der Waals surface area contributed by atoms with E-state index in [0.717, 1.165) is 34.7 Å². The Kier molecular flexibility index (Phi) is 2.60. The van der Waals surface area contributed by atoms with Gasteiger partial charge in [-0.05, 0) is 17.9 Å². The summed E-state index contributed by atoms with van der Waals surface area (Å²) in [5.74, 6) is 6.98. The van der Waals surface area contributed by atoms with Gasteiger partial charge >= 0.3 is 0 Å². The number of fused-ring (bicyclic) bond motifs is 1. The van der Waals surface area contributed by atoms with Crippen LogP contribution in [0.1, 0.15) is 19.2 Å². The first kappa shape index (κ1) is 9.36. The van der Waals surface area contributed by atoms with Gasteiger partial charge in [0.15, 0.2) is 5.82 Å². The largest absolute Gasteiger partial charge is 0.308 e. The number of rotatable bonds is 3. The number of nitrogen functional groups attached to an aromatic ring is 1. The van der Waals surface area contributed by atoms with Gasteiger partial charge in [0.05, 0.1) is 5.39 Å². The van der Waals surface area contributed by atoms with Crippen molar-refractivity contribution in [1.82, 2.24) is 9.97 Å². The Morgan fingerprint density at radius 2 is 2.36 bits per heavy atom. The van der Waals surface area contributed by atoms with Gasteiger partial charge < -0.3 is 5.43 Å². The molecule has 3 N–H and O–H groups in total. The van der Waals surface area contributed by atoms with Crippen LogP contribution in [0.25, 0.3) is 10.2 Å². The predicted molar refractivity (Wildman–Crippen MR) is 59.2 cm³/mol. The van der Waals surface area contributed by atoms with Gasteiger partial charge in [0.25, 0.3) is 0 Å². The number of hydrazine groups is 1. The molecule has 2 aromatic rings. The summed E-state index contributed by atoms with van der Waals surface area (Å²) in [5, 5.41) is 2.99. The highest BCUT2D eigenvalue weighted by Gasteiger charge is 2.06. The summed E-state index contributed by atoms with van der Waals surface area (Å²) in [6.45, 7) is 2.11. The number of anilines is 1. The van der Waals surface area contributed by atoms with Crippen LogP contribution in [0.3, 0.4) is 0 Å². The minimum atomic E-state index is 0.722. The highest BCUT2D eigenvalue weighted by molar-refractivity contribution is 7.16. The van der Waals surface area contributed by atoms with Crippen molar-refractivity contribution >= 4 is 27.4 Å². The monoisotopic (exact) mass is 208 g/mol. The fourth-order valence-corrected chi connectivity index (χ4v) is 2.13. The maximum Gasteiger partial charge on any atom is 0.152 e. The highest BCUT2D eigenvalue weighted by Crippen LogP contribution is 2.24. The molecule has 14 heavy (non-hydrogen) atoms. The number of hydrogen-bond acceptors (Lipinski definition) is 5. The zero-order valence-corrected chi connectivity index (χ0v) is 8.77. The van der Waals surface area contributed by atoms with Crippen molar-refractivity contribution in [2.45, 2.75) is 19.8 Å². The number of nitrogens with one attached hydrogen (secondary N) is 1. The highest BCUT2D eigenvalue weighted by atomic mass is 32.1. The first-order chi connectivity index (χ1) is 6.85. The lowest BCUT2D eigenvalue weighted by Gasteiger charge is -2.03. The normalized spacial score (nSPS) is 10.7. The van der Waals surface area contributed by atoms with E-state index in [1.165, 1.54) is 0 Å². The van der Waals surface area contributed by atoms with Crippen molar-refractivity contribution in [3.05, 3.63) is 17.3 Å². The van der Waals surface area contributed by atoms with E-state index in [4.69, 9.17) is 5.84 Å². The Morgan fingerprint density at radius 1 is 1.50 bits per heavy atom. The average Bonchev–Trinajstić information content (AvgIpc) is 2.65. The molecule has 0 spiro atoms. The smallest absolute Gasteiger partial charge is 0.152 e. The van der Waals surface area contributed by atoms with E-state index in [0.29, 0.717) is 0 Å². The van der Waals surface area contributed by atoms with Crippen molar-refractivity contribution in [3.8, 4) is 0 Å². The molecule has 0 saturated carbocycles. The third-order valence-corrected chi connectivity index (χ3v) is 2.79. The van der Waals surface area contributed by atoms with Gasteiger partial charge in [0, 0.05) is 6.42 Å². The van der Waals surface area contributed by atoms with Gasteiger partial charge in [-0.3, -0.25) is 0 Å². The Bertz CT molecular complexity index is 437. The summed E-state index contributed by atoms with van der Waals surface area (Å²) in [5.41, 5.74) is 2.61. The van der Waals surface area contributed by atoms with E-state index >= 15 is 0 Å². The topological polar surface area (TPSA) is 63.8 Å². The molecule has 0 radical (unpaired) electrons. The molecule has 0 bridgehead atoms. The molecule has 4 nitrogen and oxygen atoms in total. The zero-order chi connectivity index (χ0) is 9.97. The van der Waals surface area contributed by atoms with E-state index in [2.05, 4.69) is 22.3 Å². The Balaban J connectivity index is 2.55. The lowest BCUT2D eigenvalue weighted by molar-refractivity contribution is 0.846. The van der Waals surface area contributed by atoms with Crippen LogP contribution < -0.4 is 11.3 Å². The fourth-order valence-electron chi connectivity index (χ4n) is 1.35. The SMILES string of the molecule is CCCc1nc(NN)c2ccsc2n1. The number of nitrogens with two attached hydrogens (primary N) is 1. The van der Waals surface area contributed by atoms with Crippen LogP contribution in [0.2, 0.25) is 0 Å². The first-order valence-electron chi connectivity index (χ1n) is 4.56. The number of aromatic nitrogens is 2. The molecule has 0 atom stereocenters. The van der Waals surface area contributed by atoms with Crippen molar-refractivity contribution in [3.63, 3.8) is 0 Å². The number of aryl methyl sites for hydroxylation is 1. The minimum Gasteiger partial charge on any atom is -0.308 e. The number of hydrogen-bond donors (Lipinski definition) is 2. The van der Waals surface area contributed by atoms with Crippen LogP contribution in [0.4, 0.5) is 5.82 Å². The molecule has 2 aromatic heterocycles. The van der Waals surface area contributed by atoms with Crippen LogP contribution in [0.15, 0.2) is 11.4 Å². The van der Waals surface area contributed by atoms with Crippen LogP contribution >= 0.6 is 11.3 Å². The fraction of sp³-hybridized carbons (Fsp3) is 0.333. The van der Waals surface area contributed by atoms with Crippen molar-refractivity contribution < 1.29 is 0 Å². The molecule has 0 saturated heterocycles. The zero-order valence-electron chi connectivity index (χ0n) is 7.95. The third kappa shape index (κ3) is 1.56. The summed E-state index contributed by atoms with van der Waals surface area (Å²) in [6.07, 6.45) is 1.93. The summed E-state index contributed by atoms with van der Waals surface area (Å²) in [6, 6.07) is 1.98. The molecule has 0 aliphatic carbocycles. The number of thiophene rings is 1. The second-order valence-corrected chi connectivity index (χ2v) is 3.92. The van der Waals surface area contributed by atoms with Crippen LogP contribution in [-0.4, -0.2) is 9.97 Å². The Hall–Kier alpha value is -1.20. The molecule has 0 aliphatic heterocycles. The lowest BCUT2D eigenvalue weighted by atomic mass is 10.3. The maximum atomic E-state index is 5.40. The van der Waals surface area contributed by atoms with Gasteiger partial charge in [-0.1, -0.05) is 6.92 Å². The van der Waals surface area contributed by atoms with Crippen LogP contribution in [0.5, 0.6) is 0 Å².